The molecule has 0 unspecified atom stereocenters. The molecule has 0 aromatic heterocycles. The molecule has 0 bridgehead atoms. The van der Waals surface area contributed by atoms with Crippen molar-refractivity contribution in [3.05, 3.63) is 65.2 Å². The van der Waals surface area contributed by atoms with Crippen LogP contribution in [0.4, 0.5) is 5.69 Å². The first-order valence-corrected chi connectivity index (χ1v) is 12.6. The normalized spacial score (nSPS) is 21.1. The summed E-state index contributed by atoms with van der Waals surface area (Å²) in [5.74, 6) is 0.755. The molecule has 0 aliphatic carbocycles. The molecule has 2 aromatic rings. The van der Waals surface area contributed by atoms with E-state index >= 15 is 0 Å². The summed E-state index contributed by atoms with van der Waals surface area (Å²) in [6.45, 7) is 10.0. The Hall–Kier alpha value is -2.33. The van der Waals surface area contributed by atoms with Gasteiger partial charge in [-0.05, 0) is 87.0 Å². The summed E-state index contributed by atoms with van der Waals surface area (Å²) in [5, 5.41) is 3.16. The molecule has 1 N–H and O–H groups in total. The number of hydrogen-bond donors (Lipinski definition) is 1. The number of amides is 1. The highest BCUT2D eigenvalue weighted by Gasteiger charge is 2.17. The predicted molar refractivity (Wildman–Crippen MR) is 133 cm³/mol. The zero-order valence-electron chi connectivity index (χ0n) is 19.9. The maximum atomic E-state index is 12.8. The van der Waals surface area contributed by atoms with Crippen molar-refractivity contribution >= 4 is 11.6 Å². The van der Waals surface area contributed by atoms with Gasteiger partial charge in [0.25, 0.3) is 5.91 Å². The third-order valence-corrected chi connectivity index (χ3v) is 7.08. The molecule has 2 fully saturated rings. The molecule has 2 aromatic carbocycles. The second-order valence-electron chi connectivity index (χ2n) is 9.87. The van der Waals surface area contributed by atoms with E-state index in [4.69, 9.17) is 0 Å². The van der Waals surface area contributed by atoms with E-state index in [0.29, 0.717) is 0 Å². The number of hydrogen-bond acceptors (Lipinski definition) is 3. The van der Waals surface area contributed by atoms with Crippen molar-refractivity contribution in [1.29, 1.82) is 0 Å². The third-order valence-electron chi connectivity index (χ3n) is 7.08. The SMILES string of the molecule is C[C@H]1CCCN(c2ccc([C@H](C)NC(=O)c3ccc(CN4CCCCCC4)cc3)cc2)C1. The molecule has 4 rings (SSSR count). The second kappa shape index (κ2) is 11.0. The van der Waals surface area contributed by atoms with Crippen molar-refractivity contribution in [2.45, 2.75) is 65.0 Å². The van der Waals surface area contributed by atoms with Crippen molar-refractivity contribution in [3.63, 3.8) is 0 Å². The maximum absolute atomic E-state index is 12.8. The smallest absolute Gasteiger partial charge is 0.251 e. The van der Waals surface area contributed by atoms with Gasteiger partial charge in [0.05, 0.1) is 6.04 Å². The average molecular weight is 434 g/mol. The quantitative estimate of drug-likeness (QED) is 0.626. The fourth-order valence-electron chi connectivity index (χ4n) is 5.08. The van der Waals surface area contributed by atoms with Crippen LogP contribution in [-0.2, 0) is 6.54 Å². The van der Waals surface area contributed by atoms with Crippen LogP contribution in [0.2, 0.25) is 0 Å². The first-order chi connectivity index (χ1) is 15.6. The van der Waals surface area contributed by atoms with Crippen molar-refractivity contribution in [2.75, 3.05) is 31.1 Å². The molecule has 172 valence electrons. The van der Waals surface area contributed by atoms with Crippen LogP contribution < -0.4 is 10.2 Å². The van der Waals surface area contributed by atoms with Gasteiger partial charge in [-0.25, -0.2) is 0 Å². The minimum absolute atomic E-state index is 0.00671. The highest BCUT2D eigenvalue weighted by Crippen LogP contribution is 2.25. The Morgan fingerprint density at radius 1 is 0.938 bits per heavy atom. The molecule has 0 saturated carbocycles. The van der Waals surface area contributed by atoms with Crippen LogP contribution >= 0.6 is 0 Å². The zero-order chi connectivity index (χ0) is 22.3. The van der Waals surface area contributed by atoms with E-state index in [1.54, 1.807) is 0 Å². The van der Waals surface area contributed by atoms with Gasteiger partial charge in [0.1, 0.15) is 0 Å². The maximum Gasteiger partial charge on any atom is 0.251 e. The van der Waals surface area contributed by atoms with Gasteiger partial charge in [0.15, 0.2) is 0 Å². The van der Waals surface area contributed by atoms with E-state index in [0.717, 1.165) is 36.7 Å². The predicted octanol–water partition coefficient (Wildman–Crippen LogP) is 5.79. The molecule has 0 radical (unpaired) electrons. The van der Waals surface area contributed by atoms with E-state index in [2.05, 4.69) is 65.4 Å². The van der Waals surface area contributed by atoms with Gasteiger partial charge in [-0.15, -0.1) is 0 Å². The summed E-state index contributed by atoms with van der Waals surface area (Å²) in [5.41, 5.74) is 4.46. The van der Waals surface area contributed by atoms with Crippen molar-refractivity contribution in [3.8, 4) is 0 Å². The number of carbonyl (C=O) groups is 1. The molecule has 2 aliphatic heterocycles. The van der Waals surface area contributed by atoms with Gasteiger partial charge in [-0.3, -0.25) is 9.69 Å². The van der Waals surface area contributed by atoms with Crippen LogP contribution in [0.1, 0.15) is 79.9 Å². The van der Waals surface area contributed by atoms with Crippen LogP contribution in [0.3, 0.4) is 0 Å². The fraction of sp³-hybridized carbons (Fsp3) is 0.536. The first kappa shape index (κ1) is 22.8. The molecule has 2 heterocycles. The Kier molecular flexibility index (Phi) is 7.85. The Morgan fingerprint density at radius 3 is 2.28 bits per heavy atom. The fourth-order valence-corrected chi connectivity index (χ4v) is 5.08. The number of likely N-dealkylation sites (tertiary alicyclic amines) is 1. The molecule has 4 heteroatoms. The van der Waals surface area contributed by atoms with Gasteiger partial charge >= 0.3 is 0 Å². The number of nitrogens with zero attached hydrogens (tertiary/aromatic N) is 2. The average Bonchev–Trinajstić information content (AvgIpc) is 3.08. The molecule has 32 heavy (non-hydrogen) atoms. The number of benzene rings is 2. The summed E-state index contributed by atoms with van der Waals surface area (Å²) in [6, 6.07) is 16.9. The van der Waals surface area contributed by atoms with Gasteiger partial charge in [0, 0.05) is 30.9 Å². The van der Waals surface area contributed by atoms with Gasteiger partial charge in [-0.1, -0.05) is 44.0 Å². The Labute approximate surface area is 194 Å². The highest BCUT2D eigenvalue weighted by molar-refractivity contribution is 5.94. The third kappa shape index (κ3) is 6.13. The molecule has 0 spiro atoms. The summed E-state index contributed by atoms with van der Waals surface area (Å²) < 4.78 is 0. The number of piperidine rings is 1. The summed E-state index contributed by atoms with van der Waals surface area (Å²) in [7, 11) is 0. The van der Waals surface area contributed by atoms with E-state index in [9.17, 15) is 4.79 Å². The summed E-state index contributed by atoms with van der Waals surface area (Å²) in [6.07, 6.45) is 7.91. The number of anilines is 1. The molecule has 2 atom stereocenters. The van der Waals surface area contributed by atoms with Crippen LogP contribution in [0.25, 0.3) is 0 Å². The lowest BCUT2D eigenvalue weighted by Gasteiger charge is -2.33. The van der Waals surface area contributed by atoms with Crippen LogP contribution in [0.15, 0.2) is 48.5 Å². The molecular formula is C28H39N3O. The number of nitrogens with one attached hydrogen (secondary N) is 1. The lowest BCUT2D eigenvalue weighted by Crippen LogP contribution is -2.34. The molecule has 2 saturated heterocycles. The number of carbonyl (C=O) groups excluding carboxylic acids is 1. The van der Waals surface area contributed by atoms with Gasteiger partial charge < -0.3 is 10.2 Å². The highest BCUT2D eigenvalue weighted by atomic mass is 16.1. The Balaban J connectivity index is 1.31. The topological polar surface area (TPSA) is 35.6 Å². The monoisotopic (exact) mass is 433 g/mol. The molecule has 2 aliphatic rings. The minimum atomic E-state index is -0.0198. The van der Waals surface area contributed by atoms with E-state index in [-0.39, 0.29) is 11.9 Å². The molecule has 1 amide bonds. The summed E-state index contributed by atoms with van der Waals surface area (Å²) in [4.78, 5) is 17.8. The van der Waals surface area contributed by atoms with Crippen molar-refractivity contribution < 1.29 is 4.79 Å². The van der Waals surface area contributed by atoms with Crippen molar-refractivity contribution in [1.82, 2.24) is 10.2 Å². The van der Waals surface area contributed by atoms with E-state index in [1.807, 2.05) is 12.1 Å². The first-order valence-electron chi connectivity index (χ1n) is 12.6. The molecular weight excluding hydrogens is 394 g/mol. The van der Waals surface area contributed by atoms with Gasteiger partial charge in [-0.2, -0.15) is 0 Å². The Bertz CT molecular complexity index is 853. The standard InChI is InChI=1S/C28H39N3O/c1-22-8-7-19-31(20-22)27-15-13-25(14-16-27)23(2)29-28(32)26-11-9-24(10-12-26)21-30-17-5-3-4-6-18-30/h9-16,22-23H,3-8,17-21H2,1-2H3,(H,29,32)/t22-,23-/m0/s1. The van der Waals surface area contributed by atoms with Crippen LogP contribution in [0.5, 0.6) is 0 Å². The van der Waals surface area contributed by atoms with Crippen LogP contribution in [-0.4, -0.2) is 37.0 Å². The minimum Gasteiger partial charge on any atom is -0.371 e. The number of rotatable bonds is 6. The Morgan fingerprint density at radius 2 is 1.62 bits per heavy atom. The molecule has 4 nitrogen and oxygen atoms in total. The lowest BCUT2D eigenvalue weighted by atomic mass is 9.99. The lowest BCUT2D eigenvalue weighted by molar-refractivity contribution is 0.0940. The van der Waals surface area contributed by atoms with Gasteiger partial charge in [0.2, 0.25) is 0 Å². The van der Waals surface area contributed by atoms with E-state index in [1.165, 1.54) is 62.9 Å². The van der Waals surface area contributed by atoms with E-state index < -0.39 is 0 Å². The largest absolute Gasteiger partial charge is 0.371 e. The van der Waals surface area contributed by atoms with Crippen molar-refractivity contribution in [2.24, 2.45) is 5.92 Å². The summed E-state index contributed by atoms with van der Waals surface area (Å²) >= 11 is 0. The zero-order valence-corrected chi connectivity index (χ0v) is 19.9. The van der Waals surface area contributed by atoms with Crippen LogP contribution in [0, 0.1) is 5.92 Å². The second-order valence-corrected chi connectivity index (χ2v) is 9.87.